The maximum atomic E-state index is 11.7. The molecule has 5 atom stereocenters. The molecule has 0 radical (unpaired) electrons. The lowest BCUT2D eigenvalue weighted by Crippen LogP contribution is -2.41. The maximum absolute atomic E-state index is 11.7. The lowest BCUT2D eigenvalue weighted by molar-refractivity contribution is 0.253. The fourth-order valence-electron chi connectivity index (χ4n) is 3.55. The summed E-state index contributed by atoms with van der Waals surface area (Å²) in [6.07, 6.45) is 6.71. The van der Waals surface area contributed by atoms with Crippen LogP contribution in [0.25, 0.3) is 0 Å². The van der Waals surface area contributed by atoms with Crippen LogP contribution in [0.4, 0.5) is 0 Å². The first-order chi connectivity index (χ1) is 7.93. The van der Waals surface area contributed by atoms with Crippen LogP contribution in [-0.2, 0) is 9.84 Å². The van der Waals surface area contributed by atoms with Crippen molar-refractivity contribution in [2.24, 2.45) is 17.8 Å². The number of hydrogen-bond acceptors (Lipinski definition) is 3. The van der Waals surface area contributed by atoms with Gasteiger partial charge in [0.15, 0.2) is 0 Å². The molecule has 4 heteroatoms. The zero-order chi connectivity index (χ0) is 12.6. The molecule has 2 rings (SSSR count). The van der Waals surface area contributed by atoms with E-state index in [-0.39, 0.29) is 5.25 Å². The van der Waals surface area contributed by atoms with Gasteiger partial charge in [-0.15, -0.1) is 0 Å². The molecule has 0 amide bonds. The van der Waals surface area contributed by atoms with Crippen molar-refractivity contribution in [1.29, 1.82) is 0 Å². The first-order valence-corrected chi connectivity index (χ1v) is 8.75. The van der Waals surface area contributed by atoms with E-state index in [2.05, 4.69) is 12.2 Å². The Labute approximate surface area is 105 Å². The van der Waals surface area contributed by atoms with E-state index in [1.165, 1.54) is 19.1 Å². The highest BCUT2D eigenvalue weighted by atomic mass is 32.2. The number of nitrogens with one attached hydrogen (secondary N) is 1. The minimum atomic E-state index is -2.85. The number of hydrogen-bond donors (Lipinski definition) is 1. The van der Waals surface area contributed by atoms with Gasteiger partial charge in [-0.3, -0.25) is 0 Å². The van der Waals surface area contributed by atoms with Gasteiger partial charge < -0.3 is 5.32 Å². The highest BCUT2D eigenvalue weighted by Crippen LogP contribution is 2.45. The molecule has 0 aliphatic heterocycles. The second kappa shape index (κ2) is 4.88. The molecule has 2 fully saturated rings. The number of sulfone groups is 1. The summed E-state index contributed by atoms with van der Waals surface area (Å²) in [4.78, 5) is 0. The molecule has 0 saturated heterocycles. The molecular formula is C13H25NO2S. The van der Waals surface area contributed by atoms with Crippen LogP contribution in [0.2, 0.25) is 0 Å². The first kappa shape index (κ1) is 13.3. The SMILES string of the molecule is CNC(C1CCCC(S(C)(=O)=O)C1)C1CC1C. The summed E-state index contributed by atoms with van der Waals surface area (Å²) in [6, 6.07) is 0.537. The van der Waals surface area contributed by atoms with Crippen LogP contribution in [-0.4, -0.2) is 33.0 Å². The van der Waals surface area contributed by atoms with E-state index in [0.717, 1.165) is 31.1 Å². The number of rotatable bonds is 4. The molecule has 0 aromatic rings. The predicted molar refractivity (Wildman–Crippen MR) is 70.7 cm³/mol. The highest BCUT2D eigenvalue weighted by molar-refractivity contribution is 7.91. The van der Waals surface area contributed by atoms with Crippen LogP contribution in [0.3, 0.4) is 0 Å². The van der Waals surface area contributed by atoms with Gasteiger partial charge in [-0.2, -0.15) is 0 Å². The molecule has 1 N–H and O–H groups in total. The van der Waals surface area contributed by atoms with Crippen LogP contribution in [0, 0.1) is 17.8 Å². The van der Waals surface area contributed by atoms with Crippen LogP contribution < -0.4 is 5.32 Å². The predicted octanol–water partition coefficient (Wildman–Crippen LogP) is 1.83. The summed E-state index contributed by atoms with van der Waals surface area (Å²) in [5.74, 6) is 2.16. The average Bonchev–Trinajstić information content (AvgIpc) is 2.96. The maximum Gasteiger partial charge on any atom is 0.150 e. The summed E-state index contributed by atoms with van der Waals surface area (Å²) in [6.45, 7) is 2.30. The van der Waals surface area contributed by atoms with E-state index in [9.17, 15) is 8.42 Å². The Morgan fingerprint density at radius 1 is 1.24 bits per heavy atom. The van der Waals surface area contributed by atoms with Gasteiger partial charge in [0.2, 0.25) is 0 Å². The van der Waals surface area contributed by atoms with Crippen molar-refractivity contribution in [3.8, 4) is 0 Å². The normalized spacial score (nSPS) is 39.9. The summed E-state index contributed by atoms with van der Waals surface area (Å²) in [5, 5.41) is 3.35. The van der Waals surface area contributed by atoms with E-state index in [1.807, 2.05) is 7.05 Å². The van der Waals surface area contributed by atoms with Crippen molar-refractivity contribution >= 4 is 9.84 Å². The van der Waals surface area contributed by atoms with E-state index in [0.29, 0.717) is 12.0 Å². The summed E-state index contributed by atoms with van der Waals surface area (Å²) >= 11 is 0. The lowest BCUT2D eigenvalue weighted by Gasteiger charge is -2.34. The van der Waals surface area contributed by atoms with Crippen molar-refractivity contribution in [3.63, 3.8) is 0 Å². The highest BCUT2D eigenvalue weighted by Gasteiger charge is 2.44. The molecular weight excluding hydrogens is 234 g/mol. The van der Waals surface area contributed by atoms with Gasteiger partial charge in [-0.05, 0) is 50.5 Å². The minimum Gasteiger partial charge on any atom is -0.316 e. The van der Waals surface area contributed by atoms with Gasteiger partial charge in [0.1, 0.15) is 9.84 Å². The van der Waals surface area contributed by atoms with Gasteiger partial charge in [0.05, 0.1) is 5.25 Å². The van der Waals surface area contributed by atoms with Crippen molar-refractivity contribution in [3.05, 3.63) is 0 Å². The lowest BCUT2D eigenvalue weighted by atomic mass is 9.81. The van der Waals surface area contributed by atoms with Crippen molar-refractivity contribution in [2.75, 3.05) is 13.3 Å². The molecule has 0 spiro atoms. The van der Waals surface area contributed by atoms with Crippen molar-refractivity contribution < 1.29 is 8.42 Å². The van der Waals surface area contributed by atoms with Crippen LogP contribution in [0.1, 0.15) is 39.0 Å². The molecule has 2 saturated carbocycles. The van der Waals surface area contributed by atoms with Gasteiger partial charge in [0.25, 0.3) is 0 Å². The van der Waals surface area contributed by atoms with E-state index >= 15 is 0 Å². The van der Waals surface area contributed by atoms with Gasteiger partial charge in [-0.25, -0.2) is 8.42 Å². The average molecular weight is 259 g/mol. The standard InChI is InChI=1S/C13H25NO2S/c1-9-7-12(9)13(14-2)10-5-4-6-11(8-10)17(3,15)16/h9-14H,4-8H2,1-3H3. The van der Waals surface area contributed by atoms with Crippen LogP contribution in [0.15, 0.2) is 0 Å². The summed E-state index contributed by atoms with van der Waals surface area (Å²) in [5.41, 5.74) is 0. The Hall–Kier alpha value is -0.0900. The van der Waals surface area contributed by atoms with E-state index < -0.39 is 9.84 Å². The second-order valence-electron chi connectivity index (χ2n) is 6.07. The van der Waals surface area contributed by atoms with Crippen LogP contribution in [0.5, 0.6) is 0 Å². The third-order valence-corrected chi connectivity index (χ3v) is 6.39. The van der Waals surface area contributed by atoms with Crippen LogP contribution >= 0.6 is 0 Å². The fourth-order valence-corrected chi connectivity index (χ4v) is 4.74. The molecule has 2 aliphatic rings. The monoisotopic (exact) mass is 259 g/mol. The Balaban J connectivity index is 2.01. The quantitative estimate of drug-likeness (QED) is 0.838. The molecule has 5 unspecified atom stereocenters. The Bertz CT molecular complexity index is 366. The van der Waals surface area contributed by atoms with Gasteiger partial charge >= 0.3 is 0 Å². The molecule has 0 heterocycles. The second-order valence-corrected chi connectivity index (χ2v) is 8.40. The first-order valence-electron chi connectivity index (χ1n) is 6.79. The van der Waals surface area contributed by atoms with Crippen molar-refractivity contribution in [2.45, 2.75) is 50.3 Å². The Kier molecular flexibility index (Phi) is 3.83. The van der Waals surface area contributed by atoms with Gasteiger partial charge in [-0.1, -0.05) is 13.3 Å². The Morgan fingerprint density at radius 3 is 2.35 bits per heavy atom. The molecule has 2 aliphatic carbocycles. The zero-order valence-electron chi connectivity index (χ0n) is 11.1. The molecule has 0 aromatic carbocycles. The third-order valence-electron chi connectivity index (χ3n) is 4.75. The van der Waals surface area contributed by atoms with E-state index in [1.54, 1.807) is 0 Å². The topological polar surface area (TPSA) is 46.2 Å². The molecule has 17 heavy (non-hydrogen) atoms. The molecule has 0 bridgehead atoms. The smallest absolute Gasteiger partial charge is 0.150 e. The summed E-state index contributed by atoms with van der Waals surface area (Å²) in [7, 11) is -0.820. The van der Waals surface area contributed by atoms with Crippen molar-refractivity contribution in [1.82, 2.24) is 5.32 Å². The third kappa shape index (κ3) is 3.02. The molecule has 100 valence electrons. The minimum absolute atomic E-state index is 0.0915. The summed E-state index contributed by atoms with van der Waals surface area (Å²) < 4.78 is 23.3. The fraction of sp³-hybridized carbons (Fsp3) is 1.00. The largest absolute Gasteiger partial charge is 0.316 e. The zero-order valence-corrected chi connectivity index (χ0v) is 12.0. The molecule has 0 aromatic heterocycles. The Morgan fingerprint density at radius 2 is 1.88 bits per heavy atom. The molecule has 3 nitrogen and oxygen atoms in total. The van der Waals surface area contributed by atoms with E-state index in [4.69, 9.17) is 0 Å². The van der Waals surface area contributed by atoms with Gasteiger partial charge in [0, 0.05) is 12.3 Å².